The highest BCUT2D eigenvalue weighted by Gasteiger charge is 2.35. The highest BCUT2D eigenvalue weighted by molar-refractivity contribution is 8.18. The zero-order chi connectivity index (χ0) is 21.0. The lowest BCUT2D eigenvalue weighted by Crippen LogP contribution is -2.27. The maximum atomic E-state index is 12.8. The number of carbonyl (C=O) groups is 2. The number of halogens is 2. The van der Waals surface area contributed by atoms with Crippen molar-refractivity contribution in [2.45, 2.75) is 20.4 Å². The highest BCUT2D eigenvalue weighted by atomic mass is 35.5. The predicted octanol–water partition coefficient (Wildman–Crippen LogP) is 6.03. The van der Waals surface area contributed by atoms with Crippen LogP contribution in [0.1, 0.15) is 25.0 Å². The van der Waals surface area contributed by atoms with Crippen molar-refractivity contribution in [3.05, 3.63) is 62.5 Å². The molecular formula is C21H19Cl2NO4S. The van der Waals surface area contributed by atoms with Gasteiger partial charge in [0.2, 0.25) is 0 Å². The Morgan fingerprint density at radius 1 is 1.00 bits per heavy atom. The fourth-order valence-corrected chi connectivity index (χ4v) is 4.14. The number of thioether (sulfide) groups is 1. The lowest BCUT2D eigenvalue weighted by atomic mass is 10.1. The average Bonchev–Trinajstić information content (AvgIpc) is 2.94. The summed E-state index contributed by atoms with van der Waals surface area (Å²) in [5, 5.41) is 0.454. The second-order valence-corrected chi connectivity index (χ2v) is 7.85. The van der Waals surface area contributed by atoms with Crippen LogP contribution >= 0.6 is 35.0 Å². The minimum atomic E-state index is -0.386. The Morgan fingerprint density at radius 3 is 2.31 bits per heavy atom. The molecule has 29 heavy (non-hydrogen) atoms. The van der Waals surface area contributed by atoms with Crippen molar-refractivity contribution >= 4 is 52.2 Å². The number of benzene rings is 2. The van der Waals surface area contributed by atoms with Crippen molar-refractivity contribution in [3.63, 3.8) is 0 Å². The van der Waals surface area contributed by atoms with Crippen molar-refractivity contribution in [2.75, 3.05) is 13.2 Å². The van der Waals surface area contributed by atoms with Crippen molar-refractivity contribution in [1.29, 1.82) is 0 Å². The molecule has 0 atom stereocenters. The summed E-state index contributed by atoms with van der Waals surface area (Å²) in [5.74, 6) is 0.834. The molecule has 2 aromatic carbocycles. The number of ether oxygens (including phenoxy) is 2. The maximum Gasteiger partial charge on any atom is 0.293 e. The second kappa shape index (κ2) is 9.57. The Bertz CT molecular complexity index is 957. The molecule has 0 N–H and O–H groups in total. The summed E-state index contributed by atoms with van der Waals surface area (Å²) < 4.78 is 11.2. The second-order valence-electron chi connectivity index (χ2n) is 6.04. The fraction of sp³-hybridized carbons (Fsp3) is 0.238. The van der Waals surface area contributed by atoms with Crippen molar-refractivity contribution in [3.8, 4) is 11.5 Å². The van der Waals surface area contributed by atoms with E-state index in [9.17, 15) is 9.59 Å². The first-order valence-corrected chi connectivity index (χ1v) is 10.6. The average molecular weight is 452 g/mol. The van der Waals surface area contributed by atoms with E-state index in [0.717, 1.165) is 22.2 Å². The molecule has 1 fully saturated rings. The van der Waals surface area contributed by atoms with Crippen LogP contribution in [0.5, 0.6) is 11.5 Å². The smallest absolute Gasteiger partial charge is 0.293 e. The summed E-state index contributed by atoms with van der Waals surface area (Å²) in [6, 6.07) is 10.4. The van der Waals surface area contributed by atoms with Crippen LogP contribution in [0.2, 0.25) is 10.0 Å². The molecule has 3 rings (SSSR count). The summed E-state index contributed by atoms with van der Waals surface area (Å²) in [7, 11) is 0. The lowest BCUT2D eigenvalue weighted by molar-refractivity contribution is -0.123. The number of nitrogens with zero attached hydrogens (tertiary/aromatic N) is 1. The molecule has 1 aliphatic rings. The first-order valence-electron chi connectivity index (χ1n) is 9.02. The third-order valence-electron chi connectivity index (χ3n) is 4.12. The molecule has 0 bridgehead atoms. The van der Waals surface area contributed by atoms with Gasteiger partial charge in [-0.05, 0) is 61.5 Å². The lowest BCUT2D eigenvalue weighted by Gasteiger charge is -2.14. The van der Waals surface area contributed by atoms with E-state index in [0.29, 0.717) is 45.2 Å². The van der Waals surface area contributed by atoms with Crippen molar-refractivity contribution in [1.82, 2.24) is 4.90 Å². The molecule has 2 amide bonds. The van der Waals surface area contributed by atoms with Gasteiger partial charge in [0.1, 0.15) is 0 Å². The van der Waals surface area contributed by atoms with Crippen LogP contribution in [0, 0.1) is 0 Å². The van der Waals surface area contributed by atoms with E-state index < -0.39 is 0 Å². The Balaban J connectivity index is 1.85. The molecule has 0 saturated carbocycles. The summed E-state index contributed by atoms with van der Waals surface area (Å²) in [6.45, 7) is 4.80. The standard InChI is InChI=1S/C21H19Cl2NO4S/c1-3-27-17-9-8-13(10-18(17)28-4-2)11-19-20(25)24(21(26)29-19)12-14-15(22)6-5-7-16(14)23/h5-11H,3-4,12H2,1-2H3. The number of rotatable bonds is 7. The number of imide groups is 1. The summed E-state index contributed by atoms with van der Waals surface area (Å²) in [4.78, 5) is 26.7. The first kappa shape index (κ1) is 21.6. The number of carbonyl (C=O) groups excluding carboxylic acids is 2. The molecule has 1 heterocycles. The van der Waals surface area contributed by atoms with E-state index in [1.165, 1.54) is 0 Å². The van der Waals surface area contributed by atoms with Crippen LogP contribution in [0.15, 0.2) is 41.3 Å². The third-order valence-corrected chi connectivity index (χ3v) is 5.73. The SMILES string of the molecule is CCOc1ccc(C=C2SC(=O)N(Cc3c(Cl)cccc3Cl)C2=O)cc1OCC. The zero-order valence-electron chi connectivity index (χ0n) is 15.9. The molecule has 5 nitrogen and oxygen atoms in total. The van der Waals surface area contributed by atoms with Crippen molar-refractivity contribution < 1.29 is 19.1 Å². The van der Waals surface area contributed by atoms with Gasteiger partial charge >= 0.3 is 0 Å². The molecule has 0 aliphatic carbocycles. The predicted molar refractivity (Wildman–Crippen MR) is 117 cm³/mol. The number of hydrogen-bond acceptors (Lipinski definition) is 5. The van der Waals surface area contributed by atoms with E-state index in [1.54, 1.807) is 36.4 Å². The molecule has 0 aromatic heterocycles. The Morgan fingerprint density at radius 2 is 1.66 bits per heavy atom. The molecule has 152 valence electrons. The number of hydrogen-bond donors (Lipinski definition) is 0. The molecule has 0 unspecified atom stereocenters. The van der Waals surface area contributed by atoms with E-state index in [1.807, 2.05) is 19.9 Å². The van der Waals surface area contributed by atoms with Gasteiger partial charge in [-0.25, -0.2) is 0 Å². The van der Waals surface area contributed by atoms with Gasteiger partial charge in [0.25, 0.3) is 11.1 Å². The van der Waals surface area contributed by atoms with Gasteiger partial charge in [-0.1, -0.05) is 35.3 Å². The largest absolute Gasteiger partial charge is 0.490 e. The quantitative estimate of drug-likeness (QED) is 0.481. The molecular weight excluding hydrogens is 433 g/mol. The fourth-order valence-electron chi connectivity index (χ4n) is 2.79. The number of amides is 2. The Kier molecular flexibility index (Phi) is 7.11. The third kappa shape index (κ3) is 4.89. The van der Waals surface area contributed by atoms with E-state index in [2.05, 4.69) is 0 Å². The zero-order valence-corrected chi connectivity index (χ0v) is 18.2. The minimum Gasteiger partial charge on any atom is -0.490 e. The first-order chi connectivity index (χ1) is 13.9. The Hall–Kier alpha value is -2.15. The van der Waals surface area contributed by atoms with Crippen LogP contribution in [-0.4, -0.2) is 29.3 Å². The van der Waals surface area contributed by atoms with Gasteiger partial charge in [0.05, 0.1) is 24.7 Å². The molecule has 0 spiro atoms. The van der Waals surface area contributed by atoms with E-state index in [4.69, 9.17) is 32.7 Å². The van der Waals surface area contributed by atoms with Crippen LogP contribution in [0.4, 0.5) is 4.79 Å². The monoisotopic (exact) mass is 451 g/mol. The van der Waals surface area contributed by atoms with Crippen LogP contribution in [0.3, 0.4) is 0 Å². The van der Waals surface area contributed by atoms with Gasteiger partial charge in [-0.2, -0.15) is 0 Å². The summed E-state index contributed by atoms with van der Waals surface area (Å²) >= 11 is 13.2. The van der Waals surface area contributed by atoms with Crippen LogP contribution in [-0.2, 0) is 11.3 Å². The van der Waals surface area contributed by atoms with Gasteiger partial charge in [0.15, 0.2) is 11.5 Å². The Labute approximate surface area is 183 Å². The van der Waals surface area contributed by atoms with Crippen LogP contribution < -0.4 is 9.47 Å². The summed E-state index contributed by atoms with van der Waals surface area (Å²) in [6.07, 6.45) is 1.66. The normalized spacial score (nSPS) is 15.3. The van der Waals surface area contributed by atoms with Gasteiger partial charge < -0.3 is 9.47 Å². The van der Waals surface area contributed by atoms with Gasteiger partial charge in [-0.15, -0.1) is 0 Å². The molecule has 0 radical (unpaired) electrons. The highest BCUT2D eigenvalue weighted by Crippen LogP contribution is 2.37. The maximum absolute atomic E-state index is 12.8. The topological polar surface area (TPSA) is 55.8 Å². The molecule has 1 saturated heterocycles. The summed E-state index contributed by atoms with van der Waals surface area (Å²) in [5.41, 5.74) is 1.28. The van der Waals surface area contributed by atoms with Gasteiger partial charge in [-0.3, -0.25) is 14.5 Å². The molecule has 8 heteroatoms. The minimum absolute atomic E-state index is 0.0218. The van der Waals surface area contributed by atoms with E-state index >= 15 is 0 Å². The van der Waals surface area contributed by atoms with Gasteiger partial charge in [0, 0.05) is 15.6 Å². The van der Waals surface area contributed by atoms with Crippen LogP contribution in [0.25, 0.3) is 6.08 Å². The molecule has 1 aliphatic heterocycles. The van der Waals surface area contributed by atoms with Crippen molar-refractivity contribution in [2.24, 2.45) is 0 Å². The van der Waals surface area contributed by atoms with E-state index in [-0.39, 0.29) is 17.7 Å². The molecule has 2 aromatic rings.